The van der Waals surface area contributed by atoms with Gasteiger partial charge in [-0.1, -0.05) is 0 Å². The van der Waals surface area contributed by atoms with E-state index in [2.05, 4.69) is 25.4 Å². The summed E-state index contributed by atoms with van der Waals surface area (Å²) in [6.45, 7) is 6.12. The van der Waals surface area contributed by atoms with Gasteiger partial charge in [-0.05, 0) is 31.9 Å². The van der Waals surface area contributed by atoms with Crippen LogP contribution >= 0.6 is 0 Å². The number of pyridine rings is 1. The van der Waals surface area contributed by atoms with Gasteiger partial charge in [-0.3, -0.25) is 14.7 Å². The maximum absolute atomic E-state index is 12.5. The number of carbonyl (C=O) groups excluding carboxylic acids is 1. The first-order valence-corrected chi connectivity index (χ1v) is 9.94. The third-order valence-electron chi connectivity index (χ3n) is 5.93. The second kappa shape index (κ2) is 7.81. The van der Waals surface area contributed by atoms with E-state index in [1.807, 2.05) is 0 Å². The number of nitrogens with one attached hydrogen (secondary N) is 1. The van der Waals surface area contributed by atoms with Crippen molar-refractivity contribution in [3.05, 3.63) is 41.9 Å². The van der Waals surface area contributed by atoms with Crippen LogP contribution in [-0.2, 0) is 11.3 Å². The van der Waals surface area contributed by atoms with Crippen LogP contribution in [0.1, 0.15) is 48.3 Å². The SMILES string of the molecule is Cc1nnc(CN2CCC3(CC2)C[C@](C)(O)[C@@H](NC(=O)c2ccncc2)CO3)o1. The Kier molecular flexibility index (Phi) is 5.37. The zero-order chi connectivity index (χ0) is 20.5. The molecular formula is C20H27N5O4. The zero-order valence-corrected chi connectivity index (χ0v) is 16.8. The van der Waals surface area contributed by atoms with E-state index in [0.29, 0.717) is 30.3 Å². The number of hydrogen-bond donors (Lipinski definition) is 2. The van der Waals surface area contributed by atoms with Gasteiger partial charge in [0.1, 0.15) is 0 Å². The molecule has 2 N–H and O–H groups in total. The largest absolute Gasteiger partial charge is 0.424 e. The smallest absolute Gasteiger partial charge is 0.251 e. The Morgan fingerprint density at radius 2 is 2.03 bits per heavy atom. The predicted molar refractivity (Wildman–Crippen MR) is 103 cm³/mol. The summed E-state index contributed by atoms with van der Waals surface area (Å²) < 4.78 is 11.7. The Bertz CT molecular complexity index is 846. The Morgan fingerprint density at radius 3 is 2.66 bits per heavy atom. The summed E-state index contributed by atoms with van der Waals surface area (Å²) in [7, 11) is 0. The number of ether oxygens (including phenoxy) is 1. The molecule has 9 heteroatoms. The molecule has 1 amide bonds. The molecule has 156 valence electrons. The molecule has 2 aliphatic heterocycles. The molecule has 2 fully saturated rings. The van der Waals surface area contributed by atoms with E-state index in [9.17, 15) is 9.90 Å². The van der Waals surface area contributed by atoms with E-state index in [-0.39, 0.29) is 18.1 Å². The molecule has 2 aliphatic rings. The summed E-state index contributed by atoms with van der Waals surface area (Å²) in [5.41, 5.74) is -0.907. The first-order chi connectivity index (χ1) is 13.9. The average Bonchev–Trinajstić information content (AvgIpc) is 3.11. The molecule has 0 radical (unpaired) electrons. The summed E-state index contributed by atoms with van der Waals surface area (Å²) in [5, 5.41) is 21.9. The quantitative estimate of drug-likeness (QED) is 0.782. The molecule has 0 saturated carbocycles. The van der Waals surface area contributed by atoms with E-state index in [1.165, 1.54) is 0 Å². The van der Waals surface area contributed by atoms with Gasteiger partial charge in [0, 0.05) is 44.4 Å². The number of rotatable bonds is 4. The van der Waals surface area contributed by atoms with Crippen molar-refractivity contribution < 1.29 is 19.1 Å². The van der Waals surface area contributed by atoms with Crippen molar-refractivity contribution in [2.75, 3.05) is 19.7 Å². The molecule has 2 aromatic heterocycles. The van der Waals surface area contributed by atoms with Gasteiger partial charge in [-0.15, -0.1) is 10.2 Å². The number of aromatic nitrogens is 3. The topological polar surface area (TPSA) is 114 Å². The van der Waals surface area contributed by atoms with Gasteiger partial charge in [-0.2, -0.15) is 0 Å². The number of aliphatic hydroxyl groups is 1. The number of carbonyl (C=O) groups is 1. The lowest BCUT2D eigenvalue weighted by molar-refractivity contribution is -0.186. The first kappa shape index (κ1) is 19.9. The summed E-state index contributed by atoms with van der Waals surface area (Å²) >= 11 is 0. The maximum atomic E-state index is 12.5. The minimum Gasteiger partial charge on any atom is -0.424 e. The van der Waals surface area contributed by atoms with Crippen LogP contribution in [0.25, 0.3) is 0 Å². The van der Waals surface area contributed by atoms with Crippen molar-refractivity contribution in [2.45, 2.75) is 56.9 Å². The Morgan fingerprint density at radius 1 is 1.31 bits per heavy atom. The fraction of sp³-hybridized carbons (Fsp3) is 0.600. The van der Waals surface area contributed by atoms with Crippen LogP contribution in [0.3, 0.4) is 0 Å². The standard InChI is InChI=1S/C20H27N5O4/c1-14-23-24-17(29-14)11-25-9-5-20(6-10-25)13-19(2,27)16(12-28-20)22-18(26)15-3-7-21-8-4-15/h3-4,7-8,16,27H,5-6,9-13H2,1-2H3,(H,22,26)/t16-,19-/m0/s1. The Labute approximate surface area is 169 Å². The minimum atomic E-state index is -1.05. The van der Waals surface area contributed by atoms with Gasteiger partial charge in [0.2, 0.25) is 11.8 Å². The summed E-state index contributed by atoms with van der Waals surface area (Å²) in [4.78, 5) is 18.6. The third-order valence-corrected chi connectivity index (χ3v) is 5.93. The van der Waals surface area contributed by atoms with Crippen molar-refractivity contribution in [1.82, 2.24) is 25.4 Å². The van der Waals surface area contributed by atoms with E-state index in [1.54, 1.807) is 38.4 Å². The highest BCUT2D eigenvalue weighted by molar-refractivity contribution is 5.94. The molecule has 2 aromatic rings. The van der Waals surface area contributed by atoms with Gasteiger partial charge >= 0.3 is 0 Å². The first-order valence-electron chi connectivity index (χ1n) is 9.94. The van der Waals surface area contributed by atoms with Gasteiger partial charge in [0.05, 0.1) is 30.4 Å². The third kappa shape index (κ3) is 4.47. The fourth-order valence-corrected chi connectivity index (χ4v) is 4.24. The molecule has 29 heavy (non-hydrogen) atoms. The lowest BCUT2D eigenvalue weighted by Gasteiger charge is -2.51. The van der Waals surface area contributed by atoms with Gasteiger partial charge in [-0.25, -0.2) is 0 Å². The highest BCUT2D eigenvalue weighted by Gasteiger charge is 2.49. The van der Waals surface area contributed by atoms with Crippen LogP contribution < -0.4 is 5.32 Å². The van der Waals surface area contributed by atoms with Crippen LogP contribution in [0.4, 0.5) is 0 Å². The molecule has 1 spiro atoms. The highest BCUT2D eigenvalue weighted by Crippen LogP contribution is 2.39. The lowest BCUT2D eigenvalue weighted by atomic mass is 9.75. The fourth-order valence-electron chi connectivity index (χ4n) is 4.24. The molecule has 4 heterocycles. The predicted octanol–water partition coefficient (Wildman–Crippen LogP) is 1.08. The van der Waals surface area contributed by atoms with Crippen LogP contribution in [0.2, 0.25) is 0 Å². The van der Waals surface area contributed by atoms with Gasteiger partial charge < -0.3 is 19.6 Å². The second-order valence-electron chi connectivity index (χ2n) is 8.28. The van der Waals surface area contributed by atoms with E-state index >= 15 is 0 Å². The van der Waals surface area contributed by atoms with Crippen molar-refractivity contribution in [3.8, 4) is 0 Å². The molecule has 0 unspecified atom stereocenters. The number of aryl methyl sites for hydroxylation is 1. The van der Waals surface area contributed by atoms with Gasteiger partial charge in [0.25, 0.3) is 5.91 Å². The van der Waals surface area contributed by atoms with Crippen LogP contribution in [0.15, 0.2) is 28.9 Å². The minimum absolute atomic E-state index is 0.234. The van der Waals surface area contributed by atoms with E-state index in [0.717, 1.165) is 25.9 Å². The van der Waals surface area contributed by atoms with Crippen LogP contribution in [-0.4, -0.2) is 68.0 Å². The molecule has 2 atom stereocenters. The summed E-state index contributed by atoms with van der Waals surface area (Å²) in [6.07, 6.45) is 5.24. The molecule has 2 saturated heterocycles. The molecule has 4 rings (SSSR count). The zero-order valence-electron chi connectivity index (χ0n) is 16.8. The van der Waals surface area contributed by atoms with Crippen molar-refractivity contribution in [1.29, 1.82) is 0 Å². The number of hydrogen-bond acceptors (Lipinski definition) is 8. The van der Waals surface area contributed by atoms with E-state index in [4.69, 9.17) is 9.15 Å². The normalized spacial score (nSPS) is 27.1. The maximum Gasteiger partial charge on any atom is 0.251 e. The highest BCUT2D eigenvalue weighted by atomic mass is 16.5. The molecule has 0 aromatic carbocycles. The Hall–Kier alpha value is -2.36. The second-order valence-corrected chi connectivity index (χ2v) is 8.28. The number of amides is 1. The monoisotopic (exact) mass is 401 g/mol. The summed E-state index contributed by atoms with van der Waals surface area (Å²) in [5.74, 6) is 0.954. The van der Waals surface area contributed by atoms with Crippen molar-refractivity contribution in [3.63, 3.8) is 0 Å². The molecular weight excluding hydrogens is 374 g/mol. The van der Waals surface area contributed by atoms with Crippen LogP contribution in [0, 0.1) is 6.92 Å². The molecule has 0 bridgehead atoms. The average molecular weight is 401 g/mol. The molecule has 9 nitrogen and oxygen atoms in total. The van der Waals surface area contributed by atoms with E-state index < -0.39 is 11.6 Å². The van der Waals surface area contributed by atoms with Crippen molar-refractivity contribution in [2.24, 2.45) is 0 Å². The number of piperidine rings is 1. The molecule has 0 aliphatic carbocycles. The number of nitrogens with zero attached hydrogens (tertiary/aromatic N) is 4. The lowest BCUT2D eigenvalue weighted by Crippen LogP contribution is -2.63. The van der Waals surface area contributed by atoms with Gasteiger partial charge in [0.15, 0.2) is 0 Å². The van der Waals surface area contributed by atoms with Crippen LogP contribution in [0.5, 0.6) is 0 Å². The Balaban J connectivity index is 1.33. The summed E-state index contributed by atoms with van der Waals surface area (Å²) in [6, 6.07) is 2.83. The number of likely N-dealkylation sites (tertiary alicyclic amines) is 1. The van der Waals surface area contributed by atoms with Crippen molar-refractivity contribution >= 4 is 5.91 Å².